The van der Waals surface area contributed by atoms with E-state index in [1.807, 2.05) is 24.3 Å². The van der Waals surface area contributed by atoms with Crippen LogP contribution in [0, 0.1) is 11.5 Å². The molecule has 0 aliphatic rings. The number of hydrogen-bond acceptors (Lipinski definition) is 4. The molecule has 0 N–H and O–H groups in total. The Balaban J connectivity index is 2.54. The van der Waals surface area contributed by atoms with Gasteiger partial charge in [-0.1, -0.05) is 31.8 Å². The zero-order chi connectivity index (χ0) is 18.0. The minimum atomic E-state index is -1.36. The van der Waals surface area contributed by atoms with Crippen molar-refractivity contribution in [3.05, 3.63) is 29.8 Å². The summed E-state index contributed by atoms with van der Waals surface area (Å²) in [6.45, 7) is 6.98. The average Bonchev–Trinajstić information content (AvgIpc) is 2.56. The van der Waals surface area contributed by atoms with Crippen molar-refractivity contribution < 1.29 is 19.0 Å². The lowest BCUT2D eigenvalue weighted by Crippen LogP contribution is -2.32. The van der Waals surface area contributed by atoms with Crippen LogP contribution in [0.25, 0.3) is 0 Å². The molecule has 0 aromatic heterocycles. The minimum absolute atomic E-state index is 0.281. The van der Waals surface area contributed by atoms with Gasteiger partial charge in [-0.05, 0) is 24.1 Å². The topological polar surface area (TPSA) is 44.8 Å². The highest BCUT2D eigenvalue weighted by Gasteiger charge is 2.21. The third kappa shape index (κ3) is 7.78. The quantitative estimate of drug-likeness (QED) is 0.389. The number of benzene rings is 1. The molecule has 0 radical (unpaired) electrons. The number of methoxy groups -OCH3 is 2. The molecule has 0 fully saturated rings. The second-order valence-corrected chi connectivity index (χ2v) is 11.4. The molecule has 132 valence electrons. The third-order valence-corrected chi connectivity index (χ3v) is 4.35. The van der Waals surface area contributed by atoms with E-state index in [1.54, 1.807) is 14.2 Å². The number of ether oxygens (including phenoxy) is 3. The second-order valence-electron chi connectivity index (χ2n) is 6.62. The highest BCUT2D eigenvalue weighted by atomic mass is 28.3. The first-order valence-electron chi connectivity index (χ1n) is 8.12. The van der Waals surface area contributed by atoms with E-state index < -0.39 is 14.2 Å². The summed E-state index contributed by atoms with van der Waals surface area (Å²) in [6.07, 6.45) is 1.32. The van der Waals surface area contributed by atoms with Crippen LogP contribution in [-0.2, 0) is 20.9 Å². The van der Waals surface area contributed by atoms with Gasteiger partial charge in [-0.2, -0.15) is 0 Å². The first-order valence-corrected chi connectivity index (χ1v) is 11.6. The summed E-state index contributed by atoms with van der Waals surface area (Å²) in [5, 5.41) is 0. The predicted molar refractivity (Wildman–Crippen MR) is 98.8 cm³/mol. The monoisotopic (exact) mass is 348 g/mol. The Bertz CT molecular complexity index is 551. The fourth-order valence-electron chi connectivity index (χ4n) is 2.11. The summed E-state index contributed by atoms with van der Waals surface area (Å²) in [4.78, 5) is 11.4. The Kier molecular flexibility index (Phi) is 8.76. The van der Waals surface area contributed by atoms with Gasteiger partial charge >= 0.3 is 0 Å². The molecule has 1 aromatic carbocycles. The van der Waals surface area contributed by atoms with Crippen molar-refractivity contribution in [2.24, 2.45) is 0 Å². The molecule has 1 aromatic rings. The lowest BCUT2D eigenvalue weighted by molar-refractivity contribution is -0.129. The minimum Gasteiger partial charge on any atom is -0.497 e. The smallest absolute Gasteiger partial charge is 0.151 e. The van der Waals surface area contributed by atoms with Crippen molar-refractivity contribution in [1.29, 1.82) is 0 Å². The van der Waals surface area contributed by atoms with E-state index in [4.69, 9.17) is 14.2 Å². The van der Waals surface area contributed by atoms with E-state index in [1.165, 1.54) is 0 Å². The maximum Gasteiger partial charge on any atom is 0.151 e. The van der Waals surface area contributed by atoms with Crippen molar-refractivity contribution in [3.8, 4) is 17.2 Å². The SMILES string of the molecule is COc1ccc(CO[C@H](C=O)[C@H](CCC#C[Si](C)(C)C)OC)cc1. The molecule has 0 aliphatic carbocycles. The highest BCUT2D eigenvalue weighted by molar-refractivity contribution is 6.83. The van der Waals surface area contributed by atoms with Crippen LogP contribution in [0.1, 0.15) is 18.4 Å². The number of hydrogen-bond donors (Lipinski definition) is 0. The van der Waals surface area contributed by atoms with E-state index in [0.29, 0.717) is 19.4 Å². The third-order valence-electron chi connectivity index (χ3n) is 3.42. The molecule has 0 saturated heterocycles. The summed E-state index contributed by atoms with van der Waals surface area (Å²) < 4.78 is 16.3. The first-order chi connectivity index (χ1) is 11.4. The average molecular weight is 349 g/mol. The van der Waals surface area contributed by atoms with Gasteiger partial charge < -0.3 is 19.0 Å². The van der Waals surface area contributed by atoms with Gasteiger partial charge in [0.2, 0.25) is 0 Å². The van der Waals surface area contributed by atoms with Gasteiger partial charge in [0.05, 0.1) is 19.8 Å². The molecule has 24 heavy (non-hydrogen) atoms. The van der Waals surface area contributed by atoms with Gasteiger partial charge in [-0.25, -0.2) is 0 Å². The van der Waals surface area contributed by atoms with Crippen LogP contribution in [0.2, 0.25) is 19.6 Å². The molecule has 4 nitrogen and oxygen atoms in total. The van der Waals surface area contributed by atoms with Crippen LogP contribution in [-0.4, -0.2) is 40.8 Å². The van der Waals surface area contributed by atoms with E-state index in [2.05, 4.69) is 31.1 Å². The number of carbonyl (C=O) groups is 1. The highest BCUT2D eigenvalue weighted by Crippen LogP contribution is 2.15. The molecule has 2 atom stereocenters. The first kappa shape index (κ1) is 20.4. The molecule has 1 rings (SSSR count). The summed E-state index contributed by atoms with van der Waals surface area (Å²) in [5.41, 5.74) is 4.30. The van der Waals surface area contributed by atoms with Gasteiger partial charge in [0.1, 0.15) is 19.9 Å². The van der Waals surface area contributed by atoms with Crippen LogP contribution < -0.4 is 4.74 Å². The van der Waals surface area contributed by atoms with E-state index >= 15 is 0 Å². The fourth-order valence-corrected chi connectivity index (χ4v) is 2.76. The predicted octanol–water partition coefficient (Wildman–Crippen LogP) is 3.46. The van der Waals surface area contributed by atoms with Crippen molar-refractivity contribution in [1.82, 2.24) is 0 Å². The standard InChI is InChI=1S/C19H28O4Si/c1-21-17-11-9-16(10-12-17)15-23-19(14-20)18(22-2)8-6-7-13-24(3,4)5/h9-12,14,18-19H,6,8,15H2,1-5H3/t18-,19+/m0/s1. The van der Waals surface area contributed by atoms with Crippen molar-refractivity contribution in [2.75, 3.05) is 14.2 Å². The maximum atomic E-state index is 11.4. The number of aldehydes is 1. The molecule has 0 saturated carbocycles. The van der Waals surface area contributed by atoms with Crippen molar-refractivity contribution in [2.45, 2.75) is 51.3 Å². The van der Waals surface area contributed by atoms with Crippen LogP contribution in [0.5, 0.6) is 5.75 Å². The van der Waals surface area contributed by atoms with Crippen molar-refractivity contribution >= 4 is 14.4 Å². The molecule has 0 heterocycles. The zero-order valence-electron chi connectivity index (χ0n) is 15.3. The molecular formula is C19H28O4Si. The lowest BCUT2D eigenvalue weighted by atomic mass is 10.1. The number of rotatable bonds is 9. The summed E-state index contributed by atoms with van der Waals surface area (Å²) in [7, 11) is 1.87. The van der Waals surface area contributed by atoms with E-state index in [0.717, 1.165) is 17.6 Å². The van der Waals surface area contributed by atoms with Gasteiger partial charge in [0.25, 0.3) is 0 Å². The summed E-state index contributed by atoms with van der Waals surface area (Å²) in [6, 6.07) is 7.58. The van der Waals surface area contributed by atoms with Gasteiger partial charge in [0.15, 0.2) is 6.29 Å². The number of carbonyl (C=O) groups excluding carboxylic acids is 1. The Hall–Kier alpha value is -1.61. The Morgan fingerprint density at radius 2 is 1.83 bits per heavy atom. The Morgan fingerprint density at radius 1 is 1.17 bits per heavy atom. The van der Waals surface area contributed by atoms with E-state index in [9.17, 15) is 4.79 Å². The van der Waals surface area contributed by atoms with Crippen LogP contribution in [0.3, 0.4) is 0 Å². The molecule has 5 heteroatoms. The second kappa shape index (κ2) is 10.3. The lowest BCUT2D eigenvalue weighted by Gasteiger charge is -2.21. The normalized spacial score (nSPS) is 13.5. The van der Waals surface area contributed by atoms with Gasteiger partial charge in [-0.3, -0.25) is 0 Å². The van der Waals surface area contributed by atoms with Crippen LogP contribution in [0.4, 0.5) is 0 Å². The summed E-state index contributed by atoms with van der Waals surface area (Å²) >= 11 is 0. The molecule has 0 bridgehead atoms. The Morgan fingerprint density at radius 3 is 2.33 bits per heavy atom. The Labute approximate surface area is 146 Å². The molecular weight excluding hydrogens is 320 g/mol. The molecule has 0 unspecified atom stereocenters. The van der Waals surface area contributed by atoms with Crippen LogP contribution >= 0.6 is 0 Å². The van der Waals surface area contributed by atoms with Gasteiger partial charge in [0, 0.05) is 13.5 Å². The molecule has 0 amide bonds. The molecule has 0 spiro atoms. The van der Waals surface area contributed by atoms with Crippen LogP contribution in [0.15, 0.2) is 24.3 Å². The van der Waals surface area contributed by atoms with Crippen molar-refractivity contribution in [3.63, 3.8) is 0 Å². The largest absolute Gasteiger partial charge is 0.497 e. The zero-order valence-corrected chi connectivity index (χ0v) is 16.3. The maximum absolute atomic E-state index is 11.4. The van der Waals surface area contributed by atoms with Gasteiger partial charge in [-0.15, -0.1) is 11.5 Å². The molecule has 0 aliphatic heterocycles. The fraction of sp³-hybridized carbons (Fsp3) is 0.526. The van der Waals surface area contributed by atoms with E-state index in [-0.39, 0.29) is 6.10 Å². The summed E-state index contributed by atoms with van der Waals surface area (Å²) in [5.74, 6) is 3.99.